The molecule has 3 aliphatic rings. The van der Waals surface area contributed by atoms with Crippen molar-refractivity contribution in [1.82, 2.24) is 24.6 Å². The van der Waals surface area contributed by atoms with E-state index in [1.165, 1.54) is 30.8 Å². The van der Waals surface area contributed by atoms with Crippen molar-refractivity contribution in [1.29, 1.82) is 0 Å². The molecule has 0 spiro atoms. The minimum atomic E-state index is -4.83. The summed E-state index contributed by atoms with van der Waals surface area (Å²) in [5, 5.41) is 4.75. The molecule has 1 unspecified atom stereocenters. The van der Waals surface area contributed by atoms with E-state index < -0.39 is 12.1 Å². The fourth-order valence-corrected chi connectivity index (χ4v) is 6.23. The lowest BCUT2D eigenvalue weighted by Crippen LogP contribution is -2.54. The number of likely N-dealkylation sites (N-methyl/N-ethyl adjacent to an activating group) is 1. The minimum Gasteiger partial charge on any atom is -0.402 e. The second kappa shape index (κ2) is 8.41. The van der Waals surface area contributed by atoms with Crippen LogP contribution in [-0.4, -0.2) is 69.7 Å². The van der Waals surface area contributed by atoms with Gasteiger partial charge in [-0.2, -0.15) is 5.10 Å². The highest BCUT2D eigenvalue weighted by molar-refractivity contribution is 5.64. The van der Waals surface area contributed by atoms with Crippen molar-refractivity contribution < 1.29 is 17.9 Å². The van der Waals surface area contributed by atoms with Crippen LogP contribution < -0.4 is 10.5 Å². The number of halogens is 3. The first-order valence-corrected chi connectivity index (χ1v) is 12.1. The van der Waals surface area contributed by atoms with Gasteiger partial charge in [0.05, 0.1) is 5.69 Å². The maximum Gasteiger partial charge on any atom is 0.573 e. The Labute approximate surface area is 198 Å². The number of rotatable bonds is 5. The van der Waals surface area contributed by atoms with Gasteiger partial charge in [-0.05, 0) is 64.6 Å². The van der Waals surface area contributed by atoms with E-state index in [4.69, 9.17) is 10.8 Å². The topological polar surface area (TPSA) is 72.4 Å². The first-order valence-electron chi connectivity index (χ1n) is 12.1. The summed E-state index contributed by atoms with van der Waals surface area (Å²) in [4.78, 5) is 9.00. The summed E-state index contributed by atoms with van der Waals surface area (Å²) in [6, 6.07) is 4.66. The van der Waals surface area contributed by atoms with Gasteiger partial charge in [0.1, 0.15) is 0 Å². The lowest BCUT2D eigenvalue weighted by Gasteiger charge is -2.42. The quantitative estimate of drug-likeness (QED) is 0.697. The number of piperazine rings is 1. The smallest absolute Gasteiger partial charge is 0.402 e. The number of nitrogen functional groups attached to an aromatic ring is 1. The molecule has 2 N–H and O–H groups in total. The van der Waals surface area contributed by atoms with Gasteiger partial charge in [-0.3, -0.25) is 9.58 Å². The minimum absolute atomic E-state index is 0.145. The molecule has 5 rings (SSSR count). The number of alkyl halides is 3. The second-order valence-electron chi connectivity index (χ2n) is 10.5. The molecule has 3 heterocycles. The van der Waals surface area contributed by atoms with Crippen LogP contribution in [0.25, 0.3) is 11.3 Å². The lowest BCUT2D eigenvalue weighted by molar-refractivity contribution is -0.274. The van der Waals surface area contributed by atoms with Crippen LogP contribution >= 0.6 is 0 Å². The summed E-state index contributed by atoms with van der Waals surface area (Å²) in [5.41, 5.74) is 7.83. The predicted octanol–water partition coefficient (Wildman–Crippen LogP) is 4.13. The van der Waals surface area contributed by atoms with Crippen LogP contribution in [0.15, 0.2) is 18.3 Å². The molecule has 186 valence electrons. The Balaban J connectivity index is 1.35. The Hall–Kier alpha value is -2.33. The highest BCUT2D eigenvalue weighted by Gasteiger charge is 2.59. The molecule has 0 aromatic carbocycles. The van der Waals surface area contributed by atoms with Crippen molar-refractivity contribution in [2.75, 3.05) is 32.4 Å². The number of hydrogen-bond donors (Lipinski definition) is 1. The monoisotopic (exact) mass is 478 g/mol. The van der Waals surface area contributed by atoms with E-state index in [0.717, 1.165) is 19.6 Å². The summed E-state index contributed by atoms with van der Waals surface area (Å²) in [6.07, 6.45) is -0.974. The third kappa shape index (κ3) is 4.37. The van der Waals surface area contributed by atoms with Gasteiger partial charge in [-0.25, -0.2) is 4.98 Å². The van der Waals surface area contributed by atoms with Crippen LogP contribution in [0.5, 0.6) is 5.75 Å². The number of aromatic nitrogens is 3. The van der Waals surface area contributed by atoms with Gasteiger partial charge in [-0.1, -0.05) is 0 Å². The molecule has 5 atom stereocenters. The highest BCUT2D eigenvalue weighted by atomic mass is 19.4. The zero-order chi connectivity index (χ0) is 24.4. The average molecular weight is 479 g/mol. The lowest BCUT2D eigenvalue weighted by atomic mass is 10.00. The van der Waals surface area contributed by atoms with E-state index >= 15 is 0 Å². The van der Waals surface area contributed by atoms with Crippen molar-refractivity contribution in [3.63, 3.8) is 0 Å². The van der Waals surface area contributed by atoms with Crippen LogP contribution in [0.2, 0.25) is 0 Å². The molecule has 7 nitrogen and oxygen atoms in total. The normalized spacial score (nSPS) is 30.1. The van der Waals surface area contributed by atoms with Gasteiger partial charge in [-0.15, -0.1) is 13.2 Å². The van der Waals surface area contributed by atoms with E-state index in [9.17, 15) is 13.2 Å². The van der Waals surface area contributed by atoms with Crippen LogP contribution in [0, 0.1) is 11.8 Å². The molecule has 34 heavy (non-hydrogen) atoms. The SMILES string of the molecule is CC(C)n1nc(-c2cnc(N)c(OC(F)(F)F)c2)cc1[C@H]1[C@@H]2CC(N3CCN(C)C[C@@H]3C)C[C@@H]21. The van der Waals surface area contributed by atoms with E-state index in [2.05, 4.69) is 47.3 Å². The molecule has 3 fully saturated rings. The maximum atomic E-state index is 12.8. The number of pyridine rings is 1. The molecule has 0 bridgehead atoms. The number of fused-ring (bicyclic) bond motifs is 1. The zero-order valence-corrected chi connectivity index (χ0v) is 20.1. The van der Waals surface area contributed by atoms with E-state index in [1.807, 2.05) is 10.7 Å². The number of ether oxygens (including phenoxy) is 1. The van der Waals surface area contributed by atoms with Crippen molar-refractivity contribution in [3.8, 4) is 17.0 Å². The Bertz CT molecular complexity index is 1040. The molecule has 0 radical (unpaired) electrons. The zero-order valence-electron chi connectivity index (χ0n) is 20.1. The largest absolute Gasteiger partial charge is 0.573 e. The summed E-state index contributed by atoms with van der Waals surface area (Å²) in [6.45, 7) is 9.86. The van der Waals surface area contributed by atoms with E-state index in [-0.39, 0.29) is 11.9 Å². The van der Waals surface area contributed by atoms with Crippen LogP contribution in [0.3, 0.4) is 0 Å². The van der Waals surface area contributed by atoms with Gasteiger partial charge < -0.3 is 15.4 Å². The first kappa shape index (κ1) is 23.4. The summed E-state index contributed by atoms with van der Waals surface area (Å²) >= 11 is 0. The number of nitrogens with two attached hydrogens (primary N) is 1. The van der Waals surface area contributed by atoms with Crippen molar-refractivity contribution in [2.24, 2.45) is 11.8 Å². The molecule has 2 aliphatic carbocycles. The van der Waals surface area contributed by atoms with E-state index in [0.29, 0.717) is 41.1 Å². The fourth-order valence-electron chi connectivity index (χ4n) is 6.23. The Morgan fingerprint density at radius 2 is 1.85 bits per heavy atom. The van der Waals surface area contributed by atoms with Gasteiger partial charge in [0.2, 0.25) is 0 Å². The second-order valence-corrected chi connectivity index (χ2v) is 10.5. The van der Waals surface area contributed by atoms with Gasteiger partial charge >= 0.3 is 6.36 Å². The molecule has 2 aromatic heterocycles. The number of nitrogens with zero attached hydrogens (tertiary/aromatic N) is 5. The van der Waals surface area contributed by atoms with Crippen LogP contribution in [-0.2, 0) is 0 Å². The van der Waals surface area contributed by atoms with Crippen LogP contribution in [0.1, 0.15) is 51.3 Å². The summed E-state index contributed by atoms with van der Waals surface area (Å²) < 4.78 is 44.3. The predicted molar refractivity (Wildman–Crippen MR) is 123 cm³/mol. The van der Waals surface area contributed by atoms with Gasteiger partial charge in [0.25, 0.3) is 0 Å². The molecule has 0 amide bonds. The Morgan fingerprint density at radius 1 is 1.15 bits per heavy atom. The first-order chi connectivity index (χ1) is 16.0. The highest BCUT2D eigenvalue weighted by Crippen LogP contribution is 2.64. The molecule has 1 aliphatic heterocycles. The fraction of sp³-hybridized carbons (Fsp3) is 0.667. The third-order valence-corrected chi connectivity index (χ3v) is 7.77. The summed E-state index contributed by atoms with van der Waals surface area (Å²) in [5.74, 6) is 0.944. The number of hydrogen-bond acceptors (Lipinski definition) is 6. The maximum absolute atomic E-state index is 12.8. The van der Waals surface area contributed by atoms with E-state index in [1.54, 1.807) is 0 Å². The standard InChI is InChI=1S/C24H33F3N6O/c1-13(2)33-20(10-19(30-33)15-7-21(23(28)29-11-15)34-24(25,26)27)22-17-8-16(9-18(17)22)32-6-5-31(4)12-14(32)3/h7,10-11,13-14,16-18,22H,5-6,8-9,12H2,1-4H3,(H2,28,29)/t14-,16?,17-,18+,22+/m0/s1. The van der Waals surface area contributed by atoms with Crippen LogP contribution in [0.4, 0.5) is 19.0 Å². The molecule has 1 saturated heterocycles. The molecule has 2 saturated carbocycles. The third-order valence-electron chi connectivity index (χ3n) is 7.77. The van der Waals surface area contributed by atoms with Crippen molar-refractivity contribution in [2.45, 2.75) is 64.0 Å². The summed E-state index contributed by atoms with van der Waals surface area (Å²) in [7, 11) is 2.19. The van der Waals surface area contributed by atoms with Crippen molar-refractivity contribution in [3.05, 3.63) is 24.0 Å². The Kier molecular flexibility index (Phi) is 5.79. The van der Waals surface area contributed by atoms with Gasteiger partial charge in [0, 0.05) is 61.1 Å². The molecule has 10 heteroatoms. The molecular formula is C24H33F3N6O. The van der Waals surface area contributed by atoms with Gasteiger partial charge in [0.15, 0.2) is 11.6 Å². The van der Waals surface area contributed by atoms with Crippen molar-refractivity contribution >= 4 is 5.82 Å². The molecule has 2 aromatic rings. The average Bonchev–Trinajstić information content (AvgIpc) is 3.09. The molecular weight excluding hydrogens is 445 g/mol. The number of anilines is 1. The Morgan fingerprint density at radius 3 is 2.47 bits per heavy atom.